The number of rotatable bonds is 3. The van der Waals surface area contributed by atoms with E-state index in [9.17, 15) is 4.79 Å². The molecule has 1 aromatic heterocycles. The number of amides is 1. The Morgan fingerprint density at radius 3 is 2.29 bits per heavy atom. The first-order chi connectivity index (χ1) is 10.2. The molecule has 110 valence electrons. The van der Waals surface area contributed by atoms with Crippen LogP contribution in [0.4, 0.5) is 0 Å². The standard InChI is InChI=1S/C17H21N3O/c21-16(15-1-3-18-4-2-15)20-19-11-17-8-12-5-13(9-17)7-14(6-12)10-17/h1-4,11-14H,5-10H2,(H,20,21). The molecule has 0 spiro atoms. The van der Waals surface area contributed by atoms with E-state index in [1.54, 1.807) is 24.5 Å². The Hall–Kier alpha value is -1.71. The highest BCUT2D eigenvalue weighted by atomic mass is 16.2. The molecule has 5 rings (SSSR count). The molecule has 4 aliphatic carbocycles. The van der Waals surface area contributed by atoms with Crippen molar-refractivity contribution in [3.05, 3.63) is 30.1 Å². The van der Waals surface area contributed by atoms with Gasteiger partial charge in [0.15, 0.2) is 0 Å². The molecule has 0 aromatic carbocycles. The van der Waals surface area contributed by atoms with E-state index in [2.05, 4.69) is 21.7 Å². The number of hydrogen-bond acceptors (Lipinski definition) is 3. The summed E-state index contributed by atoms with van der Waals surface area (Å²) in [6, 6.07) is 3.41. The lowest BCUT2D eigenvalue weighted by Gasteiger charge is -2.55. The average molecular weight is 283 g/mol. The summed E-state index contributed by atoms with van der Waals surface area (Å²) in [6.07, 6.45) is 13.4. The summed E-state index contributed by atoms with van der Waals surface area (Å²) in [4.78, 5) is 15.9. The van der Waals surface area contributed by atoms with Crippen molar-refractivity contribution >= 4 is 12.1 Å². The Morgan fingerprint density at radius 1 is 1.14 bits per heavy atom. The maximum absolute atomic E-state index is 12.0. The number of pyridine rings is 1. The van der Waals surface area contributed by atoms with Crippen molar-refractivity contribution in [3.8, 4) is 0 Å². The van der Waals surface area contributed by atoms with Crippen LogP contribution < -0.4 is 5.43 Å². The minimum atomic E-state index is -0.154. The number of aromatic nitrogens is 1. The fourth-order valence-corrected chi connectivity index (χ4v) is 5.13. The molecule has 4 saturated carbocycles. The maximum Gasteiger partial charge on any atom is 0.271 e. The molecule has 0 radical (unpaired) electrons. The highest BCUT2D eigenvalue weighted by Crippen LogP contribution is 2.59. The van der Waals surface area contributed by atoms with Crippen molar-refractivity contribution < 1.29 is 4.79 Å². The average Bonchev–Trinajstić information content (AvgIpc) is 2.46. The number of nitrogens with zero attached hydrogens (tertiary/aromatic N) is 2. The molecule has 1 aromatic rings. The summed E-state index contributed by atoms with van der Waals surface area (Å²) in [5.41, 5.74) is 3.55. The van der Waals surface area contributed by atoms with Crippen molar-refractivity contribution in [1.29, 1.82) is 0 Å². The molecule has 1 N–H and O–H groups in total. The van der Waals surface area contributed by atoms with Gasteiger partial charge in [-0.3, -0.25) is 9.78 Å². The van der Waals surface area contributed by atoms with Crippen molar-refractivity contribution in [3.63, 3.8) is 0 Å². The van der Waals surface area contributed by atoms with Crippen LogP contribution in [-0.2, 0) is 0 Å². The van der Waals surface area contributed by atoms with Crippen LogP contribution in [0.15, 0.2) is 29.6 Å². The van der Waals surface area contributed by atoms with Gasteiger partial charge >= 0.3 is 0 Å². The monoisotopic (exact) mass is 283 g/mol. The third-order valence-corrected chi connectivity index (χ3v) is 5.53. The molecule has 4 aliphatic rings. The summed E-state index contributed by atoms with van der Waals surface area (Å²) < 4.78 is 0. The SMILES string of the molecule is O=C(NN=CC12CC3CC(CC(C3)C1)C2)c1ccncc1. The number of carbonyl (C=O) groups excluding carboxylic acids is 1. The zero-order valence-corrected chi connectivity index (χ0v) is 12.2. The predicted molar refractivity (Wildman–Crippen MR) is 80.8 cm³/mol. The molecule has 4 heteroatoms. The Balaban J connectivity index is 1.43. The first kappa shape index (κ1) is 13.0. The minimum Gasteiger partial charge on any atom is -0.267 e. The molecule has 4 bridgehead atoms. The van der Waals surface area contributed by atoms with Gasteiger partial charge < -0.3 is 0 Å². The molecular weight excluding hydrogens is 262 g/mol. The molecule has 21 heavy (non-hydrogen) atoms. The van der Waals surface area contributed by atoms with E-state index >= 15 is 0 Å². The summed E-state index contributed by atoms with van der Waals surface area (Å²) in [5.74, 6) is 2.55. The van der Waals surface area contributed by atoms with E-state index in [1.807, 2.05) is 0 Å². The lowest BCUT2D eigenvalue weighted by molar-refractivity contribution is -0.00979. The van der Waals surface area contributed by atoms with Gasteiger partial charge in [0, 0.05) is 29.6 Å². The fraction of sp³-hybridized carbons (Fsp3) is 0.588. The van der Waals surface area contributed by atoms with E-state index in [4.69, 9.17) is 0 Å². The third kappa shape index (κ3) is 2.47. The summed E-state index contributed by atoms with van der Waals surface area (Å²) in [7, 11) is 0. The Bertz CT molecular complexity index is 531. The topological polar surface area (TPSA) is 54.4 Å². The van der Waals surface area contributed by atoms with Gasteiger partial charge in [-0.15, -0.1) is 0 Å². The van der Waals surface area contributed by atoms with E-state index < -0.39 is 0 Å². The Labute approximate surface area is 125 Å². The summed E-state index contributed by atoms with van der Waals surface area (Å²) >= 11 is 0. The Kier molecular flexibility index (Phi) is 3.05. The molecule has 0 atom stereocenters. The van der Waals surface area contributed by atoms with Gasteiger partial charge in [-0.05, 0) is 68.4 Å². The molecule has 1 heterocycles. The van der Waals surface area contributed by atoms with Crippen LogP contribution >= 0.6 is 0 Å². The quantitative estimate of drug-likeness (QED) is 0.685. The van der Waals surface area contributed by atoms with Crippen molar-refractivity contribution in [1.82, 2.24) is 10.4 Å². The largest absolute Gasteiger partial charge is 0.271 e. The highest BCUT2D eigenvalue weighted by Gasteiger charge is 2.50. The van der Waals surface area contributed by atoms with Gasteiger partial charge in [-0.25, -0.2) is 5.43 Å². The van der Waals surface area contributed by atoms with Gasteiger partial charge in [-0.1, -0.05) is 0 Å². The summed E-state index contributed by atoms with van der Waals surface area (Å²) in [5, 5.41) is 4.29. The normalized spacial score (nSPS) is 37.0. The molecule has 4 fully saturated rings. The van der Waals surface area contributed by atoms with Crippen LogP contribution in [0.1, 0.15) is 48.9 Å². The molecule has 0 aliphatic heterocycles. The molecular formula is C17H21N3O. The second-order valence-corrected chi connectivity index (χ2v) is 7.21. The number of nitrogens with one attached hydrogen (secondary N) is 1. The molecule has 4 nitrogen and oxygen atoms in total. The van der Waals surface area contributed by atoms with Gasteiger partial charge in [0.05, 0.1) is 0 Å². The fourth-order valence-electron chi connectivity index (χ4n) is 5.13. The molecule has 1 amide bonds. The van der Waals surface area contributed by atoms with Crippen molar-refractivity contribution in [2.45, 2.75) is 38.5 Å². The van der Waals surface area contributed by atoms with Gasteiger partial charge in [0.25, 0.3) is 5.91 Å². The lowest BCUT2D eigenvalue weighted by Crippen LogP contribution is -2.47. The first-order valence-corrected chi connectivity index (χ1v) is 7.97. The van der Waals surface area contributed by atoms with E-state index in [-0.39, 0.29) is 11.3 Å². The summed E-state index contributed by atoms with van der Waals surface area (Å²) in [6.45, 7) is 0. The van der Waals surface area contributed by atoms with Gasteiger partial charge in [0.2, 0.25) is 0 Å². The Morgan fingerprint density at radius 2 is 1.71 bits per heavy atom. The van der Waals surface area contributed by atoms with Crippen molar-refractivity contribution in [2.24, 2.45) is 28.3 Å². The van der Waals surface area contributed by atoms with E-state index in [0.29, 0.717) is 5.56 Å². The second kappa shape index (κ2) is 4.93. The van der Waals surface area contributed by atoms with E-state index in [1.165, 1.54) is 38.5 Å². The molecule has 0 unspecified atom stereocenters. The first-order valence-electron chi connectivity index (χ1n) is 7.97. The van der Waals surface area contributed by atoms with Crippen molar-refractivity contribution in [2.75, 3.05) is 0 Å². The van der Waals surface area contributed by atoms with Crippen LogP contribution in [0.25, 0.3) is 0 Å². The van der Waals surface area contributed by atoms with E-state index in [0.717, 1.165) is 17.8 Å². The second-order valence-electron chi connectivity index (χ2n) is 7.21. The number of hydrogen-bond donors (Lipinski definition) is 1. The minimum absolute atomic E-state index is 0.154. The predicted octanol–water partition coefficient (Wildman–Crippen LogP) is 3.01. The zero-order valence-electron chi connectivity index (χ0n) is 12.2. The zero-order chi connectivity index (χ0) is 14.3. The number of carbonyl (C=O) groups is 1. The van der Waals surface area contributed by atoms with Crippen LogP contribution in [-0.4, -0.2) is 17.1 Å². The number of hydrazone groups is 1. The van der Waals surface area contributed by atoms with Gasteiger partial charge in [0.1, 0.15) is 0 Å². The lowest BCUT2D eigenvalue weighted by atomic mass is 9.50. The highest BCUT2D eigenvalue weighted by molar-refractivity contribution is 5.94. The maximum atomic E-state index is 12.0. The van der Waals surface area contributed by atoms with Crippen LogP contribution in [0.3, 0.4) is 0 Å². The van der Waals surface area contributed by atoms with Crippen LogP contribution in [0.2, 0.25) is 0 Å². The van der Waals surface area contributed by atoms with Gasteiger partial charge in [-0.2, -0.15) is 5.10 Å². The van der Waals surface area contributed by atoms with Crippen LogP contribution in [0, 0.1) is 23.2 Å². The molecule has 0 saturated heterocycles. The third-order valence-electron chi connectivity index (χ3n) is 5.53. The van der Waals surface area contributed by atoms with Crippen LogP contribution in [0.5, 0.6) is 0 Å². The smallest absolute Gasteiger partial charge is 0.267 e.